The number of rotatable bonds is 3. The zero-order valence-electron chi connectivity index (χ0n) is 10.1. The van der Waals surface area contributed by atoms with Gasteiger partial charge in [0.2, 0.25) is 0 Å². The van der Waals surface area contributed by atoms with Gasteiger partial charge >= 0.3 is 0 Å². The van der Waals surface area contributed by atoms with Crippen molar-refractivity contribution in [2.75, 3.05) is 0 Å². The Morgan fingerprint density at radius 3 is 2.61 bits per heavy atom. The molecule has 1 aromatic carbocycles. The van der Waals surface area contributed by atoms with Crippen molar-refractivity contribution in [1.29, 1.82) is 0 Å². The van der Waals surface area contributed by atoms with Crippen LogP contribution in [0.1, 0.15) is 41.6 Å². The second-order valence-electron chi connectivity index (χ2n) is 4.54. The molecule has 0 heterocycles. The van der Waals surface area contributed by atoms with E-state index >= 15 is 0 Å². The predicted molar refractivity (Wildman–Crippen MR) is 61.9 cm³/mol. The molecule has 1 aliphatic rings. The summed E-state index contributed by atoms with van der Waals surface area (Å²) >= 11 is 0. The van der Waals surface area contributed by atoms with Gasteiger partial charge in [-0.05, 0) is 31.4 Å². The second-order valence-corrected chi connectivity index (χ2v) is 4.54. The smallest absolute Gasteiger partial charge is 0.270 e. The van der Waals surface area contributed by atoms with Gasteiger partial charge in [-0.25, -0.2) is 14.3 Å². The van der Waals surface area contributed by atoms with Gasteiger partial charge in [-0.2, -0.15) is 0 Å². The van der Waals surface area contributed by atoms with Crippen molar-refractivity contribution in [3.8, 4) is 0 Å². The van der Waals surface area contributed by atoms with Gasteiger partial charge in [0.1, 0.15) is 11.6 Å². The fourth-order valence-electron chi connectivity index (χ4n) is 2.03. The number of amides is 1. The van der Waals surface area contributed by atoms with E-state index in [1.165, 1.54) is 13.0 Å². The monoisotopic (exact) mass is 255 g/mol. The van der Waals surface area contributed by atoms with E-state index in [1.54, 1.807) is 0 Å². The summed E-state index contributed by atoms with van der Waals surface area (Å²) in [6.45, 7) is 1.48. The first-order chi connectivity index (χ1) is 8.58. The highest BCUT2D eigenvalue weighted by Gasteiger charge is 2.19. The minimum Gasteiger partial charge on any atom is -0.270 e. The lowest BCUT2D eigenvalue weighted by Crippen LogP contribution is -2.29. The summed E-state index contributed by atoms with van der Waals surface area (Å²) in [5.74, 6) is -2.23. The van der Waals surface area contributed by atoms with E-state index in [0.717, 1.165) is 25.7 Å². The van der Waals surface area contributed by atoms with Crippen molar-refractivity contribution in [2.24, 2.45) is 0 Å². The summed E-state index contributed by atoms with van der Waals surface area (Å²) in [6.07, 6.45) is 3.93. The van der Waals surface area contributed by atoms with Gasteiger partial charge in [-0.3, -0.25) is 9.63 Å². The van der Waals surface area contributed by atoms with Crippen LogP contribution in [0, 0.1) is 18.6 Å². The lowest BCUT2D eigenvalue weighted by Gasteiger charge is -2.12. The first-order valence-electron chi connectivity index (χ1n) is 5.99. The van der Waals surface area contributed by atoms with Crippen LogP contribution in [-0.2, 0) is 4.84 Å². The van der Waals surface area contributed by atoms with Crippen LogP contribution >= 0.6 is 0 Å². The number of nitrogens with one attached hydrogen (secondary N) is 1. The molecule has 18 heavy (non-hydrogen) atoms. The molecule has 0 saturated heterocycles. The highest BCUT2D eigenvalue weighted by atomic mass is 19.1. The molecule has 0 aliphatic heterocycles. The summed E-state index contributed by atoms with van der Waals surface area (Å²) in [7, 11) is 0. The summed E-state index contributed by atoms with van der Waals surface area (Å²) in [4.78, 5) is 16.9. The predicted octanol–water partition coefficient (Wildman–Crippen LogP) is 2.88. The number of carbonyl (C=O) groups excluding carboxylic acids is 1. The van der Waals surface area contributed by atoms with Gasteiger partial charge < -0.3 is 0 Å². The van der Waals surface area contributed by atoms with E-state index in [2.05, 4.69) is 5.48 Å². The van der Waals surface area contributed by atoms with E-state index in [9.17, 15) is 13.6 Å². The molecule has 2 rings (SSSR count). The van der Waals surface area contributed by atoms with Crippen LogP contribution in [-0.4, -0.2) is 12.0 Å². The summed E-state index contributed by atoms with van der Waals surface area (Å²) in [5.41, 5.74) is 2.25. The van der Waals surface area contributed by atoms with E-state index < -0.39 is 17.5 Å². The van der Waals surface area contributed by atoms with Gasteiger partial charge in [0, 0.05) is 6.07 Å². The Kier molecular flexibility index (Phi) is 3.91. The quantitative estimate of drug-likeness (QED) is 0.843. The molecule has 0 atom stereocenters. The molecule has 0 unspecified atom stereocenters. The Morgan fingerprint density at radius 1 is 1.28 bits per heavy atom. The number of hydroxylamine groups is 1. The second kappa shape index (κ2) is 5.44. The average Bonchev–Trinajstić information content (AvgIpc) is 2.84. The molecular formula is C13H15F2NO2. The fourth-order valence-corrected chi connectivity index (χ4v) is 2.03. The maximum Gasteiger partial charge on any atom is 0.277 e. The number of hydrogen-bond acceptors (Lipinski definition) is 2. The van der Waals surface area contributed by atoms with Crippen LogP contribution < -0.4 is 5.48 Å². The van der Waals surface area contributed by atoms with Gasteiger partial charge in [-0.1, -0.05) is 12.8 Å². The summed E-state index contributed by atoms with van der Waals surface area (Å²) in [5, 5.41) is 0. The molecule has 0 spiro atoms. The summed E-state index contributed by atoms with van der Waals surface area (Å²) in [6, 6.07) is 1.89. The molecule has 98 valence electrons. The molecule has 1 aliphatic carbocycles. The zero-order valence-corrected chi connectivity index (χ0v) is 10.1. The Balaban J connectivity index is 2.01. The van der Waals surface area contributed by atoms with Crippen molar-refractivity contribution in [3.05, 3.63) is 34.9 Å². The Morgan fingerprint density at radius 2 is 1.94 bits per heavy atom. The number of carbonyl (C=O) groups is 1. The number of hydrogen-bond donors (Lipinski definition) is 1. The topological polar surface area (TPSA) is 38.3 Å². The van der Waals surface area contributed by atoms with Crippen molar-refractivity contribution in [1.82, 2.24) is 5.48 Å². The van der Waals surface area contributed by atoms with Crippen LogP contribution in [0.15, 0.2) is 12.1 Å². The number of halogens is 2. The highest BCUT2D eigenvalue weighted by molar-refractivity contribution is 5.93. The maximum atomic E-state index is 13.4. The molecule has 1 aromatic rings. The van der Waals surface area contributed by atoms with Gasteiger partial charge in [0.05, 0.1) is 11.7 Å². The minimum absolute atomic E-state index is 0.00134. The molecule has 0 aromatic heterocycles. The summed E-state index contributed by atoms with van der Waals surface area (Å²) < 4.78 is 26.5. The van der Waals surface area contributed by atoms with E-state index in [4.69, 9.17) is 4.84 Å². The lowest BCUT2D eigenvalue weighted by molar-refractivity contribution is -0.0127. The normalized spacial score (nSPS) is 15.9. The first-order valence-corrected chi connectivity index (χ1v) is 5.99. The molecule has 0 bridgehead atoms. The molecule has 1 fully saturated rings. The Hall–Kier alpha value is -1.49. The Labute approximate surface area is 104 Å². The molecule has 1 saturated carbocycles. The van der Waals surface area contributed by atoms with Crippen LogP contribution in [0.4, 0.5) is 8.78 Å². The molecule has 1 N–H and O–H groups in total. The van der Waals surface area contributed by atoms with Crippen LogP contribution in [0.5, 0.6) is 0 Å². The molecule has 0 radical (unpaired) electrons. The first kappa shape index (κ1) is 13.0. The third-order valence-electron chi connectivity index (χ3n) is 3.11. The van der Waals surface area contributed by atoms with E-state index in [1.807, 2.05) is 0 Å². The van der Waals surface area contributed by atoms with Crippen LogP contribution in [0.3, 0.4) is 0 Å². The van der Waals surface area contributed by atoms with Gasteiger partial charge in [0.15, 0.2) is 0 Å². The fraction of sp³-hybridized carbons (Fsp3) is 0.462. The van der Waals surface area contributed by atoms with Crippen LogP contribution in [0.2, 0.25) is 0 Å². The lowest BCUT2D eigenvalue weighted by atomic mass is 10.1. The molecule has 3 nitrogen and oxygen atoms in total. The van der Waals surface area contributed by atoms with Crippen molar-refractivity contribution in [2.45, 2.75) is 38.7 Å². The van der Waals surface area contributed by atoms with Gasteiger partial charge in [0.25, 0.3) is 5.91 Å². The van der Waals surface area contributed by atoms with Crippen LogP contribution in [0.25, 0.3) is 0 Å². The van der Waals surface area contributed by atoms with Crippen molar-refractivity contribution in [3.63, 3.8) is 0 Å². The zero-order chi connectivity index (χ0) is 13.1. The third kappa shape index (κ3) is 2.85. The van der Waals surface area contributed by atoms with Gasteiger partial charge in [-0.15, -0.1) is 0 Å². The largest absolute Gasteiger partial charge is 0.277 e. The van der Waals surface area contributed by atoms with E-state index in [0.29, 0.717) is 6.07 Å². The number of benzene rings is 1. The van der Waals surface area contributed by atoms with E-state index in [-0.39, 0.29) is 17.2 Å². The maximum absolute atomic E-state index is 13.4. The molecular weight excluding hydrogens is 240 g/mol. The van der Waals surface area contributed by atoms with Crippen molar-refractivity contribution >= 4 is 5.91 Å². The SMILES string of the molecule is Cc1cc(C(=O)NOC2CCCC2)c(F)cc1F. The average molecular weight is 255 g/mol. The third-order valence-corrected chi connectivity index (χ3v) is 3.11. The Bertz CT molecular complexity index is 457. The van der Waals surface area contributed by atoms with Crippen molar-refractivity contribution < 1.29 is 18.4 Å². The molecule has 5 heteroatoms. The standard InChI is InChI=1S/C13H15F2NO2/c1-8-6-10(12(15)7-11(8)14)13(17)16-18-9-4-2-3-5-9/h6-7,9H,2-5H2,1H3,(H,16,17). The number of aryl methyl sites for hydroxylation is 1. The highest BCUT2D eigenvalue weighted by Crippen LogP contribution is 2.20. The minimum atomic E-state index is -0.884. The molecule has 1 amide bonds.